The summed E-state index contributed by atoms with van der Waals surface area (Å²) in [6, 6.07) is 13.0. The molecule has 0 saturated heterocycles. The molecule has 0 unspecified atom stereocenters. The Labute approximate surface area is 137 Å². The highest BCUT2D eigenvalue weighted by atomic mass is 16.1. The van der Waals surface area contributed by atoms with Gasteiger partial charge in [0, 0.05) is 17.8 Å². The maximum atomic E-state index is 12.3. The van der Waals surface area contributed by atoms with E-state index in [1.807, 2.05) is 30.3 Å². The van der Waals surface area contributed by atoms with Gasteiger partial charge in [0.05, 0.1) is 23.6 Å². The molecule has 1 N–H and O–H groups in total. The summed E-state index contributed by atoms with van der Waals surface area (Å²) in [6.07, 6.45) is 6.45. The number of rotatable bonds is 3. The molecule has 0 aliphatic carbocycles. The van der Waals surface area contributed by atoms with E-state index in [1.165, 1.54) is 17.1 Å². The average Bonchev–Trinajstić information content (AvgIpc) is 3.16. The number of fused-ring (bicyclic) bond motifs is 1. The van der Waals surface area contributed by atoms with Gasteiger partial charge in [-0.2, -0.15) is 5.10 Å². The predicted molar refractivity (Wildman–Crippen MR) is 88.9 cm³/mol. The van der Waals surface area contributed by atoms with Crippen LogP contribution in [0.15, 0.2) is 67.3 Å². The van der Waals surface area contributed by atoms with E-state index in [4.69, 9.17) is 0 Å². The highest BCUT2D eigenvalue weighted by molar-refractivity contribution is 6.03. The fourth-order valence-corrected chi connectivity index (χ4v) is 2.28. The van der Waals surface area contributed by atoms with Gasteiger partial charge in [0.2, 0.25) is 0 Å². The maximum absolute atomic E-state index is 12.3. The Hall–Kier alpha value is -3.61. The number of aromatic nitrogens is 5. The Morgan fingerprint density at radius 2 is 1.83 bits per heavy atom. The first-order valence-electron chi connectivity index (χ1n) is 7.29. The lowest BCUT2D eigenvalue weighted by atomic mass is 10.2. The van der Waals surface area contributed by atoms with Gasteiger partial charge in [-0.05, 0) is 18.2 Å². The zero-order valence-corrected chi connectivity index (χ0v) is 12.5. The van der Waals surface area contributed by atoms with Crippen LogP contribution in [0.1, 0.15) is 10.5 Å². The molecule has 0 atom stereocenters. The van der Waals surface area contributed by atoms with E-state index in [0.29, 0.717) is 17.3 Å². The van der Waals surface area contributed by atoms with Crippen LogP contribution < -0.4 is 5.32 Å². The molecule has 0 aliphatic rings. The summed E-state index contributed by atoms with van der Waals surface area (Å²) < 4.78 is 1.54. The van der Waals surface area contributed by atoms with Gasteiger partial charge >= 0.3 is 0 Å². The third-order valence-corrected chi connectivity index (χ3v) is 3.44. The Morgan fingerprint density at radius 3 is 2.62 bits per heavy atom. The van der Waals surface area contributed by atoms with Crippen molar-refractivity contribution in [2.24, 2.45) is 0 Å². The number of amides is 1. The number of anilines is 1. The minimum atomic E-state index is -0.309. The molecular weight excluding hydrogens is 304 g/mol. The number of hydrogen-bond acceptors (Lipinski definition) is 5. The second-order valence-electron chi connectivity index (χ2n) is 5.07. The minimum Gasteiger partial charge on any atom is -0.318 e. The minimum absolute atomic E-state index is 0.309. The van der Waals surface area contributed by atoms with Crippen LogP contribution in [0.3, 0.4) is 0 Å². The molecule has 0 spiro atoms. The molecule has 0 radical (unpaired) electrons. The molecule has 3 heterocycles. The molecule has 3 aromatic heterocycles. The maximum Gasteiger partial charge on any atom is 0.274 e. The summed E-state index contributed by atoms with van der Waals surface area (Å²) >= 11 is 0. The van der Waals surface area contributed by atoms with Crippen molar-refractivity contribution in [1.29, 1.82) is 0 Å². The molecule has 7 nitrogen and oxygen atoms in total. The molecular formula is C17H12N6O. The van der Waals surface area contributed by atoms with E-state index in [-0.39, 0.29) is 5.91 Å². The molecule has 0 fully saturated rings. The molecule has 0 saturated carbocycles. The zero-order valence-electron chi connectivity index (χ0n) is 12.5. The normalized spacial score (nSPS) is 10.7. The van der Waals surface area contributed by atoms with E-state index in [1.54, 1.807) is 24.5 Å². The molecule has 24 heavy (non-hydrogen) atoms. The van der Waals surface area contributed by atoms with Crippen LogP contribution in [0.5, 0.6) is 0 Å². The topological polar surface area (TPSA) is 85.6 Å². The molecule has 7 heteroatoms. The van der Waals surface area contributed by atoms with Crippen LogP contribution in [0.4, 0.5) is 5.69 Å². The quantitative estimate of drug-likeness (QED) is 0.627. The second kappa shape index (κ2) is 5.88. The average molecular weight is 316 g/mol. The lowest BCUT2D eigenvalue weighted by molar-refractivity contribution is 0.102. The number of carbonyl (C=O) groups is 1. The van der Waals surface area contributed by atoms with Crippen molar-refractivity contribution in [3.05, 3.63) is 72.9 Å². The number of nitrogens with zero attached hydrogens (tertiary/aromatic N) is 5. The van der Waals surface area contributed by atoms with E-state index in [0.717, 1.165) is 10.9 Å². The number of hydrogen-bond donors (Lipinski definition) is 1. The second-order valence-corrected chi connectivity index (χ2v) is 5.07. The SMILES string of the molecule is O=C(Nc1cnc(-n2cccn2)nc1)c1ccc2ccccc2n1. The largest absolute Gasteiger partial charge is 0.318 e. The highest BCUT2D eigenvalue weighted by Gasteiger charge is 2.09. The van der Waals surface area contributed by atoms with Gasteiger partial charge in [0.25, 0.3) is 11.9 Å². The van der Waals surface area contributed by atoms with E-state index >= 15 is 0 Å². The summed E-state index contributed by atoms with van der Waals surface area (Å²) in [6.45, 7) is 0. The summed E-state index contributed by atoms with van der Waals surface area (Å²) in [5.74, 6) is 0.123. The van der Waals surface area contributed by atoms with Crippen LogP contribution in [-0.2, 0) is 0 Å². The van der Waals surface area contributed by atoms with Gasteiger partial charge in [-0.25, -0.2) is 19.6 Å². The fourth-order valence-electron chi connectivity index (χ4n) is 2.28. The summed E-state index contributed by atoms with van der Waals surface area (Å²) in [5, 5.41) is 7.77. The Kier molecular flexibility index (Phi) is 3.43. The molecule has 1 amide bonds. The third-order valence-electron chi connectivity index (χ3n) is 3.44. The van der Waals surface area contributed by atoms with Gasteiger partial charge in [0.1, 0.15) is 5.69 Å². The molecule has 0 aliphatic heterocycles. The molecule has 4 aromatic rings. The van der Waals surface area contributed by atoms with Crippen molar-refractivity contribution in [2.45, 2.75) is 0 Å². The molecule has 4 rings (SSSR count). The lowest BCUT2D eigenvalue weighted by Gasteiger charge is -2.06. The van der Waals surface area contributed by atoms with E-state index in [2.05, 4.69) is 25.4 Å². The fraction of sp³-hybridized carbons (Fsp3) is 0. The smallest absolute Gasteiger partial charge is 0.274 e. The number of pyridine rings is 1. The molecule has 0 bridgehead atoms. The van der Waals surface area contributed by atoms with E-state index in [9.17, 15) is 4.79 Å². The van der Waals surface area contributed by atoms with E-state index < -0.39 is 0 Å². The first-order chi connectivity index (χ1) is 11.8. The molecule has 1 aromatic carbocycles. The van der Waals surface area contributed by atoms with Crippen molar-refractivity contribution in [1.82, 2.24) is 24.7 Å². The van der Waals surface area contributed by atoms with Gasteiger partial charge < -0.3 is 5.32 Å². The van der Waals surface area contributed by atoms with Crippen molar-refractivity contribution < 1.29 is 4.79 Å². The summed E-state index contributed by atoms with van der Waals surface area (Å²) in [7, 11) is 0. The first kappa shape index (κ1) is 14.0. The van der Waals surface area contributed by atoms with Crippen LogP contribution >= 0.6 is 0 Å². The number of para-hydroxylation sites is 1. The van der Waals surface area contributed by atoms with Crippen LogP contribution in [0, 0.1) is 0 Å². The van der Waals surface area contributed by atoms with Gasteiger partial charge in [-0.3, -0.25) is 4.79 Å². The van der Waals surface area contributed by atoms with Crippen LogP contribution in [-0.4, -0.2) is 30.6 Å². The zero-order chi connectivity index (χ0) is 16.4. The van der Waals surface area contributed by atoms with Crippen molar-refractivity contribution >= 4 is 22.5 Å². The van der Waals surface area contributed by atoms with Crippen molar-refractivity contribution in [3.63, 3.8) is 0 Å². The first-order valence-corrected chi connectivity index (χ1v) is 7.29. The van der Waals surface area contributed by atoms with Crippen LogP contribution in [0.2, 0.25) is 0 Å². The summed E-state index contributed by atoms with van der Waals surface area (Å²) in [4.78, 5) is 25.0. The summed E-state index contributed by atoms with van der Waals surface area (Å²) in [5.41, 5.74) is 1.60. The van der Waals surface area contributed by atoms with Gasteiger partial charge in [0.15, 0.2) is 0 Å². The number of nitrogens with one attached hydrogen (secondary N) is 1. The predicted octanol–water partition coefficient (Wildman–Crippen LogP) is 2.46. The number of carbonyl (C=O) groups excluding carboxylic acids is 1. The van der Waals surface area contributed by atoms with Crippen molar-refractivity contribution in [2.75, 3.05) is 5.32 Å². The van der Waals surface area contributed by atoms with Crippen LogP contribution in [0.25, 0.3) is 16.9 Å². The number of benzene rings is 1. The monoisotopic (exact) mass is 316 g/mol. The Bertz CT molecular complexity index is 995. The Morgan fingerprint density at radius 1 is 1.00 bits per heavy atom. The Balaban J connectivity index is 1.54. The highest BCUT2D eigenvalue weighted by Crippen LogP contribution is 2.13. The van der Waals surface area contributed by atoms with Gasteiger partial charge in [-0.15, -0.1) is 0 Å². The third kappa shape index (κ3) is 2.70. The molecule has 116 valence electrons. The standard InChI is InChI=1S/C17H12N6O/c24-16(15-7-6-12-4-1-2-5-14(12)22-15)21-13-10-18-17(19-11-13)23-9-3-8-20-23/h1-11H,(H,21,24). The van der Waals surface area contributed by atoms with Gasteiger partial charge in [-0.1, -0.05) is 24.3 Å². The van der Waals surface area contributed by atoms with Crippen molar-refractivity contribution in [3.8, 4) is 5.95 Å². The lowest BCUT2D eigenvalue weighted by Crippen LogP contribution is -2.14.